The van der Waals surface area contributed by atoms with Crippen molar-refractivity contribution in [3.05, 3.63) is 35.2 Å². The molecular formula is C18H25N5O. The number of hydrogen-bond donors (Lipinski definition) is 1. The van der Waals surface area contributed by atoms with Gasteiger partial charge in [0.2, 0.25) is 0 Å². The fourth-order valence-corrected chi connectivity index (χ4v) is 3.61. The first kappa shape index (κ1) is 15.4. The van der Waals surface area contributed by atoms with E-state index in [-0.39, 0.29) is 5.91 Å². The second kappa shape index (κ2) is 6.07. The van der Waals surface area contributed by atoms with Crippen LogP contribution in [0.3, 0.4) is 0 Å². The number of hydrogen-bond acceptors (Lipinski definition) is 3. The minimum atomic E-state index is 0.117. The highest BCUT2D eigenvalue weighted by Gasteiger charge is 2.28. The number of nitrogens with one attached hydrogen (secondary N) is 1. The lowest BCUT2D eigenvalue weighted by molar-refractivity contribution is 0.0711. The number of aromatic amines is 1. The Labute approximate surface area is 142 Å². The van der Waals surface area contributed by atoms with Crippen LogP contribution in [-0.2, 0) is 0 Å². The lowest BCUT2D eigenvalue weighted by Gasteiger charge is -2.31. The molecule has 2 aromatic heterocycles. The van der Waals surface area contributed by atoms with Crippen LogP contribution in [0.1, 0.15) is 71.6 Å². The molecule has 0 bridgehead atoms. The third kappa shape index (κ3) is 2.74. The van der Waals surface area contributed by atoms with Gasteiger partial charge in [-0.3, -0.25) is 9.48 Å². The second-order valence-corrected chi connectivity index (χ2v) is 7.19. The normalized spacial score (nSPS) is 19.5. The maximum absolute atomic E-state index is 12.7. The summed E-state index contributed by atoms with van der Waals surface area (Å²) in [6, 6.07) is 0.503. The number of carbonyl (C=O) groups excluding carboxylic acids is 1. The number of likely N-dealkylation sites (tertiary alicyclic amines) is 1. The van der Waals surface area contributed by atoms with E-state index in [9.17, 15) is 4.79 Å². The molecule has 1 saturated heterocycles. The standard InChI is InChI=1S/C18H25N5O/c1-12-13(2)21-17(20-12)14-6-8-22(9-7-14)18(24)15-10-19-23(11-15)16-4-3-5-16/h10-11,14,16H,3-9H2,1-2H3,(H,20,21). The van der Waals surface area contributed by atoms with Crippen molar-refractivity contribution in [1.29, 1.82) is 0 Å². The van der Waals surface area contributed by atoms with E-state index in [1.54, 1.807) is 6.20 Å². The molecule has 2 aromatic rings. The molecule has 1 aliphatic carbocycles. The Balaban J connectivity index is 1.38. The number of nitrogens with zero attached hydrogens (tertiary/aromatic N) is 4. The van der Waals surface area contributed by atoms with Gasteiger partial charge >= 0.3 is 0 Å². The number of carbonyl (C=O) groups is 1. The van der Waals surface area contributed by atoms with E-state index in [2.05, 4.69) is 22.0 Å². The molecule has 2 fully saturated rings. The molecule has 0 spiro atoms. The van der Waals surface area contributed by atoms with Crippen LogP contribution in [0.15, 0.2) is 12.4 Å². The number of aromatic nitrogens is 4. The Morgan fingerprint density at radius 1 is 1.21 bits per heavy atom. The van der Waals surface area contributed by atoms with Gasteiger partial charge in [-0.1, -0.05) is 0 Å². The highest BCUT2D eigenvalue weighted by Crippen LogP contribution is 2.31. The van der Waals surface area contributed by atoms with E-state index in [4.69, 9.17) is 0 Å². The monoisotopic (exact) mass is 327 g/mol. The van der Waals surface area contributed by atoms with Crippen LogP contribution in [0.25, 0.3) is 0 Å². The van der Waals surface area contributed by atoms with Crippen LogP contribution in [0, 0.1) is 13.8 Å². The zero-order valence-electron chi connectivity index (χ0n) is 14.5. The summed E-state index contributed by atoms with van der Waals surface area (Å²) >= 11 is 0. The number of rotatable bonds is 3. The van der Waals surface area contributed by atoms with E-state index >= 15 is 0 Å². The summed E-state index contributed by atoms with van der Waals surface area (Å²) in [5.74, 6) is 1.62. The van der Waals surface area contributed by atoms with Crippen molar-refractivity contribution in [2.45, 2.75) is 57.9 Å². The molecule has 1 N–H and O–H groups in total. The Kier molecular flexibility index (Phi) is 3.90. The quantitative estimate of drug-likeness (QED) is 0.942. The van der Waals surface area contributed by atoms with E-state index in [1.807, 2.05) is 22.7 Å². The number of imidazole rings is 1. The zero-order chi connectivity index (χ0) is 16.7. The lowest BCUT2D eigenvalue weighted by atomic mass is 9.93. The number of H-pyrrole nitrogens is 1. The molecule has 0 radical (unpaired) electrons. The Bertz CT molecular complexity index is 715. The summed E-state index contributed by atoms with van der Waals surface area (Å²) in [6.45, 7) is 5.67. The molecule has 1 saturated carbocycles. The third-order valence-corrected chi connectivity index (χ3v) is 5.61. The predicted molar refractivity (Wildman–Crippen MR) is 91.1 cm³/mol. The van der Waals surface area contributed by atoms with Crippen molar-refractivity contribution in [2.24, 2.45) is 0 Å². The first-order valence-electron chi connectivity index (χ1n) is 8.98. The molecular weight excluding hydrogens is 302 g/mol. The topological polar surface area (TPSA) is 66.8 Å². The van der Waals surface area contributed by atoms with Crippen molar-refractivity contribution >= 4 is 5.91 Å². The van der Waals surface area contributed by atoms with E-state index < -0.39 is 0 Å². The third-order valence-electron chi connectivity index (χ3n) is 5.61. The van der Waals surface area contributed by atoms with Crippen LogP contribution in [0.5, 0.6) is 0 Å². The van der Waals surface area contributed by atoms with Crippen molar-refractivity contribution in [2.75, 3.05) is 13.1 Å². The number of piperidine rings is 1. The van der Waals surface area contributed by atoms with Crippen molar-refractivity contribution in [1.82, 2.24) is 24.6 Å². The van der Waals surface area contributed by atoms with Gasteiger partial charge < -0.3 is 9.88 Å². The minimum Gasteiger partial charge on any atom is -0.346 e. The molecule has 6 nitrogen and oxygen atoms in total. The van der Waals surface area contributed by atoms with E-state index in [0.29, 0.717) is 12.0 Å². The fraction of sp³-hybridized carbons (Fsp3) is 0.611. The number of amides is 1. The van der Waals surface area contributed by atoms with Crippen LogP contribution in [0.2, 0.25) is 0 Å². The van der Waals surface area contributed by atoms with Gasteiger partial charge in [0.1, 0.15) is 5.82 Å². The Morgan fingerprint density at radius 2 is 1.96 bits per heavy atom. The van der Waals surface area contributed by atoms with Gasteiger partial charge in [0.05, 0.1) is 23.5 Å². The second-order valence-electron chi connectivity index (χ2n) is 7.19. The Morgan fingerprint density at radius 3 is 2.54 bits per heavy atom. The van der Waals surface area contributed by atoms with Crippen LogP contribution >= 0.6 is 0 Å². The smallest absolute Gasteiger partial charge is 0.257 e. The van der Waals surface area contributed by atoms with Gasteiger partial charge in [-0.2, -0.15) is 5.10 Å². The van der Waals surface area contributed by atoms with E-state index in [1.165, 1.54) is 19.3 Å². The maximum Gasteiger partial charge on any atom is 0.257 e. The van der Waals surface area contributed by atoms with Gasteiger partial charge in [-0.05, 0) is 46.0 Å². The molecule has 128 valence electrons. The van der Waals surface area contributed by atoms with Crippen LogP contribution in [0.4, 0.5) is 0 Å². The average Bonchev–Trinajstić information content (AvgIpc) is 3.13. The average molecular weight is 327 g/mol. The molecule has 3 heterocycles. The molecule has 0 aromatic carbocycles. The number of aryl methyl sites for hydroxylation is 2. The Hall–Kier alpha value is -2.11. The molecule has 4 rings (SSSR count). The first-order valence-corrected chi connectivity index (χ1v) is 8.98. The molecule has 1 amide bonds. The van der Waals surface area contributed by atoms with E-state index in [0.717, 1.165) is 48.7 Å². The van der Waals surface area contributed by atoms with Crippen LogP contribution < -0.4 is 0 Å². The van der Waals surface area contributed by atoms with Gasteiger partial charge in [0.25, 0.3) is 5.91 Å². The largest absolute Gasteiger partial charge is 0.346 e. The SMILES string of the molecule is Cc1nc(C2CCN(C(=O)c3cnn(C4CCC4)c3)CC2)[nH]c1C. The lowest BCUT2D eigenvalue weighted by Crippen LogP contribution is -2.38. The maximum atomic E-state index is 12.7. The predicted octanol–water partition coefficient (Wildman–Crippen LogP) is 2.97. The van der Waals surface area contributed by atoms with Crippen molar-refractivity contribution in [3.8, 4) is 0 Å². The molecule has 2 aliphatic rings. The summed E-state index contributed by atoms with van der Waals surface area (Å²) in [5, 5.41) is 4.38. The highest BCUT2D eigenvalue weighted by atomic mass is 16.2. The molecule has 6 heteroatoms. The summed E-state index contributed by atoms with van der Waals surface area (Å²) in [7, 11) is 0. The zero-order valence-corrected chi connectivity index (χ0v) is 14.5. The van der Waals surface area contributed by atoms with Crippen molar-refractivity contribution < 1.29 is 4.79 Å². The summed E-state index contributed by atoms with van der Waals surface area (Å²) in [5.41, 5.74) is 2.95. The summed E-state index contributed by atoms with van der Waals surface area (Å²) in [4.78, 5) is 22.7. The molecule has 0 atom stereocenters. The summed E-state index contributed by atoms with van der Waals surface area (Å²) in [6.07, 6.45) is 9.23. The van der Waals surface area contributed by atoms with Crippen LogP contribution in [-0.4, -0.2) is 43.6 Å². The minimum absolute atomic E-state index is 0.117. The van der Waals surface area contributed by atoms with Gasteiger partial charge in [0.15, 0.2) is 0 Å². The molecule has 0 unspecified atom stereocenters. The molecule has 1 aliphatic heterocycles. The molecule has 24 heavy (non-hydrogen) atoms. The van der Waals surface area contributed by atoms with Gasteiger partial charge in [0, 0.05) is 30.9 Å². The fourth-order valence-electron chi connectivity index (χ4n) is 3.61. The van der Waals surface area contributed by atoms with Gasteiger partial charge in [-0.25, -0.2) is 4.98 Å². The highest BCUT2D eigenvalue weighted by molar-refractivity contribution is 5.93. The van der Waals surface area contributed by atoms with Crippen molar-refractivity contribution in [3.63, 3.8) is 0 Å². The summed E-state index contributed by atoms with van der Waals surface area (Å²) < 4.78 is 1.97. The van der Waals surface area contributed by atoms with Gasteiger partial charge in [-0.15, -0.1) is 0 Å². The first-order chi connectivity index (χ1) is 11.6.